The Kier molecular flexibility index (Phi) is 6.29. The second-order valence-corrected chi connectivity index (χ2v) is 7.99. The highest BCUT2D eigenvalue weighted by atomic mass is 16.5. The minimum absolute atomic E-state index is 0.104. The summed E-state index contributed by atoms with van der Waals surface area (Å²) < 4.78 is 5.82. The van der Waals surface area contributed by atoms with Crippen molar-refractivity contribution in [3.05, 3.63) is 96.4 Å². The smallest absolute Gasteiger partial charge is 0.255 e. The fourth-order valence-corrected chi connectivity index (χ4v) is 3.74. The highest BCUT2D eigenvalue weighted by molar-refractivity contribution is 6.04. The van der Waals surface area contributed by atoms with Gasteiger partial charge in [0.25, 0.3) is 5.91 Å². The van der Waals surface area contributed by atoms with Crippen molar-refractivity contribution in [3.8, 4) is 11.1 Å². The van der Waals surface area contributed by atoms with Gasteiger partial charge in [0.05, 0.1) is 12.7 Å². The molecule has 152 valence electrons. The average molecular weight is 398 g/mol. The van der Waals surface area contributed by atoms with Crippen molar-refractivity contribution in [3.63, 3.8) is 0 Å². The van der Waals surface area contributed by atoms with Gasteiger partial charge >= 0.3 is 0 Å². The van der Waals surface area contributed by atoms with E-state index in [1.165, 1.54) is 5.56 Å². The molecule has 3 atom stereocenters. The molecule has 0 aromatic heterocycles. The van der Waals surface area contributed by atoms with E-state index >= 15 is 0 Å². The van der Waals surface area contributed by atoms with Gasteiger partial charge in [-0.3, -0.25) is 4.79 Å². The van der Waals surface area contributed by atoms with Gasteiger partial charge in [0.2, 0.25) is 0 Å². The van der Waals surface area contributed by atoms with E-state index in [0.717, 1.165) is 29.8 Å². The number of hydrogen-bond acceptors (Lipinski definition) is 2. The van der Waals surface area contributed by atoms with E-state index in [-0.39, 0.29) is 12.0 Å². The zero-order valence-corrected chi connectivity index (χ0v) is 17.5. The number of nitrogens with one attached hydrogen (secondary N) is 1. The monoisotopic (exact) mass is 397 g/mol. The summed E-state index contributed by atoms with van der Waals surface area (Å²) in [5.41, 5.74) is 4.90. The van der Waals surface area contributed by atoms with E-state index in [9.17, 15) is 4.79 Å². The van der Waals surface area contributed by atoms with Crippen LogP contribution in [0.15, 0.2) is 78.9 Å². The third-order valence-electron chi connectivity index (χ3n) is 5.71. The predicted octanol–water partition coefficient (Wildman–Crippen LogP) is 5.90. The van der Waals surface area contributed by atoms with Gasteiger partial charge in [-0.1, -0.05) is 61.5 Å². The van der Waals surface area contributed by atoms with Crippen LogP contribution >= 0.6 is 0 Å². The topological polar surface area (TPSA) is 38.3 Å². The summed E-state index contributed by atoms with van der Waals surface area (Å²) in [6, 6.07) is 25.9. The minimum atomic E-state index is -0.104. The Morgan fingerprint density at radius 2 is 1.60 bits per heavy atom. The molecule has 2 radical (unpaired) electrons. The molecule has 1 heterocycles. The van der Waals surface area contributed by atoms with Gasteiger partial charge in [-0.05, 0) is 72.6 Å². The van der Waals surface area contributed by atoms with Crippen LogP contribution in [0.3, 0.4) is 0 Å². The van der Waals surface area contributed by atoms with Crippen LogP contribution in [0, 0.1) is 18.3 Å². The Labute approximate surface area is 179 Å². The summed E-state index contributed by atoms with van der Waals surface area (Å²) in [4.78, 5) is 12.6. The molecule has 0 spiro atoms. The van der Waals surface area contributed by atoms with Crippen molar-refractivity contribution >= 4 is 11.6 Å². The molecule has 30 heavy (non-hydrogen) atoms. The number of carbonyl (C=O) groups excluding carboxylic acids is 1. The number of amides is 1. The highest BCUT2D eigenvalue weighted by Gasteiger charge is 2.25. The van der Waals surface area contributed by atoms with Crippen LogP contribution in [0.4, 0.5) is 5.69 Å². The summed E-state index contributed by atoms with van der Waals surface area (Å²) in [6.07, 6.45) is 4.76. The highest BCUT2D eigenvalue weighted by Crippen LogP contribution is 2.26. The maximum atomic E-state index is 12.6. The van der Waals surface area contributed by atoms with E-state index in [1.807, 2.05) is 54.6 Å². The van der Waals surface area contributed by atoms with E-state index in [2.05, 4.69) is 49.9 Å². The summed E-state index contributed by atoms with van der Waals surface area (Å²) in [5, 5.41) is 2.98. The Morgan fingerprint density at radius 3 is 2.27 bits per heavy atom. The Balaban J connectivity index is 1.34. The predicted molar refractivity (Wildman–Crippen MR) is 121 cm³/mol. The Hall–Kier alpha value is -2.91. The summed E-state index contributed by atoms with van der Waals surface area (Å²) >= 11 is 0. The number of rotatable bonds is 5. The van der Waals surface area contributed by atoms with Crippen LogP contribution in [0.1, 0.15) is 29.8 Å². The molecule has 3 aromatic rings. The molecule has 3 unspecified atom stereocenters. The van der Waals surface area contributed by atoms with Crippen LogP contribution in [-0.4, -0.2) is 18.6 Å². The molecule has 3 aromatic carbocycles. The van der Waals surface area contributed by atoms with Gasteiger partial charge < -0.3 is 10.1 Å². The van der Waals surface area contributed by atoms with Crippen molar-refractivity contribution in [1.29, 1.82) is 0 Å². The maximum Gasteiger partial charge on any atom is 0.255 e. The molecule has 0 aliphatic carbocycles. The number of carbonyl (C=O) groups is 1. The van der Waals surface area contributed by atoms with Crippen LogP contribution in [0.25, 0.3) is 11.1 Å². The number of anilines is 1. The first-order chi connectivity index (χ1) is 14.6. The molecule has 3 heteroatoms. The number of benzene rings is 3. The number of hydrogen-bond donors (Lipinski definition) is 1. The van der Waals surface area contributed by atoms with Crippen molar-refractivity contribution in [2.75, 3.05) is 11.9 Å². The summed E-state index contributed by atoms with van der Waals surface area (Å²) in [6.45, 7) is 4.98. The lowest BCUT2D eigenvalue weighted by molar-refractivity contribution is -0.0112. The summed E-state index contributed by atoms with van der Waals surface area (Å²) in [5.74, 6) is 0.572. The zero-order chi connectivity index (χ0) is 20.9. The lowest BCUT2D eigenvalue weighted by atomic mass is 9.86. The minimum Gasteiger partial charge on any atom is -0.378 e. The molecule has 1 saturated heterocycles. The SMILES string of the molecule is CC1[C]C(Cc2ccc(NC(=O)c3ccc(-c4ccccc4)cc3)cc2)COC1C. The molecule has 1 aliphatic heterocycles. The normalized spacial score (nSPS) is 21.2. The first-order valence-corrected chi connectivity index (χ1v) is 10.5. The molecule has 3 nitrogen and oxygen atoms in total. The van der Waals surface area contributed by atoms with Crippen molar-refractivity contribution < 1.29 is 9.53 Å². The number of ether oxygens (including phenoxy) is 1. The second-order valence-electron chi connectivity index (χ2n) is 7.99. The van der Waals surface area contributed by atoms with Gasteiger partial charge in [0.1, 0.15) is 0 Å². The van der Waals surface area contributed by atoms with Crippen LogP contribution < -0.4 is 5.32 Å². The molecule has 1 aliphatic rings. The lowest BCUT2D eigenvalue weighted by Crippen LogP contribution is -2.32. The van der Waals surface area contributed by atoms with Crippen molar-refractivity contribution in [2.24, 2.45) is 11.8 Å². The van der Waals surface area contributed by atoms with Gasteiger partial charge in [0.15, 0.2) is 0 Å². The molecule has 4 rings (SSSR count). The first-order valence-electron chi connectivity index (χ1n) is 10.5. The van der Waals surface area contributed by atoms with Gasteiger partial charge in [-0.25, -0.2) is 0 Å². The van der Waals surface area contributed by atoms with E-state index in [4.69, 9.17) is 4.74 Å². The van der Waals surface area contributed by atoms with Gasteiger partial charge in [-0.2, -0.15) is 0 Å². The summed E-state index contributed by atoms with van der Waals surface area (Å²) in [7, 11) is 0. The third kappa shape index (κ3) is 4.98. The zero-order valence-electron chi connectivity index (χ0n) is 17.5. The van der Waals surface area contributed by atoms with Crippen molar-refractivity contribution in [1.82, 2.24) is 0 Å². The van der Waals surface area contributed by atoms with E-state index in [1.54, 1.807) is 0 Å². The maximum absolute atomic E-state index is 12.6. The quantitative estimate of drug-likeness (QED) is 0.582. The molecule has 1 amide bonds. The molecule has 1 N–H and O–H groups in total. The molecule has 1 fully saturated rings. The van der Waals surface area contributed by atoms with Crippen LogP contribution in [0.5, 0.6) is 0 Å². The fourth-order valence-electron chi connectivity index (χ4n) is 3.74. The van der Waals surface area contributed by atoms with Crippen molar-refractivity contribution in [2.45, 2.75) is 26.4 Å². The van der Waals surface area contributed by atoms with Crippen LogP contribution in [0.2, 0.25) is 0 Å². The Morgan fingerprint density at radius 1 is 0.933 bits per heavy atom. The standard InChI is InChI=1S/C27H27NO2/c1-19-16-22(18-30-20(19)2)17-21-8-14-26(15-9-21)28-27(29)25-12-10-24(11-13-25)23-6-4-3-5-7-23/h3-15,19-20,22H,17-18H2,1-2H3,(H,28,29). The first kappa shape index (κ1) is 20.4. The van der Waals surface area contributed by atoms with Crippen LogP contribution in [-0.2, 0) is 11.2 Å². The van der Waals surface area contributed by atoms with Gasteiger partial charge in [0, 0.05) is 11.3 Å². The average Bonchev–Trinajstić information content (AvgIpc) is 2.78. The van der Waals surface area contributed by atoms with E-state index in [0.29, 0.717) is 17.4 Å². The molecular formula is C27H27NO2. The third-order valence-corrected chi connectivity index (χ3v) is 5.71. The van der Waals surface area contributed by atoms with Gasteiger partial charge in [-0.15, -0.1) is 0 Å². The lowest BCUT2D eigenvalue weighted by Gasteiger charge is -2.31. The molecular weight excluding hydrogens is 370 g/mol. The largest absolute Gasteiger partial charge is 0.378 e. The molecule has 0 bridgehead atoms. The van der Waals surface area contributed by atoms with E-state index < -0.39 is 0 Å². The fraction of sp³-hybridized carbons (Fsp3) is 0.259. The second kappa shape index (κ2) is 9.27. The molecule has 0 saturated carbocycles. The Bertz CT molecular complexity index is 964.